The second-order valence-corrected chi connectivity index (χ2v) is 4.98. The maximum Gasteiger partial charge on any atom is 0.0972 e. The van der Waals surface area contributed by atoms with E-state index in [1.54, 1.807) is 0 Å². The van der Waals surface area contributed by atoms with Crippen LogP contribution in [-0.4, -0.2) is 13.1 Å². The fourth-order valence-electron chi connectivity index (χ4n) is 2.80. The van der Waals surface area contributed by atoms with Crippen molar-refractivity contribution in [3.8, 4) is 12.1 Å². The summed E-state index contributed by atoms with van der Waals surface area (Å²) in [4.78, 5) is 0. The monoisotopic (exact) mass is 242 g/mol. The molecular weight excluding hydrogens is 224 g/mol. The van der Waals surface area contributed by atoms with E-state index in [4.69, 9.17) is 5.26 Å². The fraction of sp³-hybridized carbons (Fsp3) is 0.571. The van der Waals surface area contributed by atoms with Crippen LogP contribution in [0.1, 0.15) is 26.7 Å². The van der Waals surface area contributed by atoms with Crippen LogP contribution < -0.4 is 10.6 Å². The molecule has 0 spiro atoms. The van der Waals surface area contributed by atoms with Gasteiger partial charge in [-0.3, -0.25) is 0 Å². The third-order valence-corrected chi connectivity index (χ3v) is 3.83. The maximum absolute atomic E-state index is 9.36. The van der Waals surface area contributed by atoms with Gasteiger partial charge in [0.2, 0.25) is 0 Å². The number of nitriles is 2. The molecule has 4 heteroatoms. The smallest absolute Gasteiger partial charge is 0.0972 e. The first-order valence-corrected chi connectivity index (χ1v) is 6.41. The van der Waals surface area contributed by atoms with Gasteiger partial charge in [-0.15, -0.1) is 0 Å². The van der Waals surface area contributed by atoms with Gasteiger partial charge in [0, 0.05) is 29.8 Å². The summed E-state index contributed by atoms with van der Waals surface area (Å²) in [5, 5.41) is 25.2. The Morgan fingerprint density at radius 2 is 1.94 bits per heavy atom. The summed E-state index contributed by atoms with van der Waals surface area (Å²) in [5.74, 6) is 0.282. The van der Waals surface area contributed by atoms with Crippen molar-refractivity contribution in [3.05, 3.63) is 22.5 Å². The van der Waals surface area contributed by atoms with Gasteiger partial charge in [-0.25, -0.2) is 0 Å². The molecule has 2 aliphatic rings. The Bertz CT molecular complexity index is 481. The van der Waals surface area contributed by atoms with Crippen molar-refractivity contribution in [1.29, 1.82) is 10.5 Å². The van der Waals surface area contributed by atoms with Gasteiger partial charge in [-0.1, -0.05) is 6.92 Å². The standard InChI is InChI=1S/C14H18N4/c1-9-12(6-15)10(2)18-14(13(9)7-16)11-4-3-5-17-8-11/h9,11,17-18H,3-5,8H2,1-2H3. The highest BCUT2D eigenvalue weighted by molar-refractivity contribution is 5.47. The quantitative estimate of drug-likeness (QED) is 0.735. The minimum absolute atomic E-state index is 0.0850. The number of nitrogens with one attached hydrogen (secondary N) is 2. The van der Waals surface area contributed by atoms with Crippen molar-refractivity contribution < 1.29 is 0 Å². The number of hydrogen-bond acceptors (Lipinski definition) is 4. The Labute approximate surface area is 108 Å². The van der Waals surface area contributed by atoms with E-state index in [2.05, 4.69) is 22.8 Å². The molecule has 1 saturated heterocycles. The van der Waals surface area contributed by atoms with Crippen LogP contribution in [-0.2, 0) is 0 Å². The van der Waals surface area contributed by atoms with E-state index in [0.29, 0.717) is 11.5 Å². The van der Waals surface area contributed by atoms with E-state index in [9.17, 15) is 5.26 Å². The Balaban J connectivity index is 2.34. The summed E-state index contributed by atoms with van der Waals surface area (Å²) in [6.07, 6.45) is 2.24. The summed E-state index contributed by atoms with van der Waals surface area (Å²) in [7, 11) is 0. The highest BCUT2D eigenvalue weighted by atomic mass is 15.0. The molecule has 0 aromatic rings. The van der Waals surface area contributed by atoms with Gasteiger partial charge in [0.25, 0.3) is 0 Å². The van der Waals surface area contributed by atoms with Crippen molar-refractivity contribution in [1.82, 2.24) is 10.6 Å². The second-order valence-electron chi connectivity index (χ2n) is 4.98. The normalized spacial score (nSPS) is 28.4. The Morgan fingerprint density at radius 1 is 1.22 bits per heavy atom. The second kappa shape index (κ2) is 5.25. The first-order chi connectivity index (χ1) is 8.69. The van der Waals surface area contributed by atoms with E-state index in [1.165, 1.54) is 0 Å². The summed E-state index contributed by atoms with van der Waals surface area (Å²) < 4.78 is 0. The van der Waals surface area contributed by atoms with E-state index < -0.39 is 0 Å². The van der Waals surface area contributed by atoms with E-state index >= 15 is 0 Å². The maximum atomic E-state index is 9.36. The first kappa shape index (κ1) is 12.7. The zero-order chi connectivity index (χ0) is 13.1. The molecule has 2 rings (SSSR count). The lowest BCUT2D eigenvalue weighted by Crippen LogP contribution is -2.37. The van der Waals surface area contributed by atoms with Crippen LogP contribution in [0.3, 0.4) is 0 Å². The molecule has 0 aromatic carbocycles. The molecule has 1 fully saturated rings. The van der Waals surface area contributed by atoms with E-state index in [1.807, 2.05) is 13.8 Å². The summed E-state index contributed by atoms with van der Waals surface area (Å²) in [6, 6.07) is 4.50. The molecule has 0 amide bonds. The van der Waals surface area contributed by atoms with Crippen molar-refractivity contribution in [2.45, 2.75) is 26.7 Å². The average molecular weight is 242 g/mol. The molecule has 2 atom stereocenters. The molecule has 2 aliphatic heterocycles. The molecule has 2 N–H and O–H groups in total. The minimum atomic E-state index is -0.0850. The van der Waals surface area contributed by atoms with Crippen LogP contribution in [0.5, 0.6) is 0 Å². The molecule has 94 valence electrons. The highest BCUT2D eigenvalue weighted by Gasteiger charge is 2.30. The van der Waals surface area contributed by atoms with Crippen LogP contribution >= 0.6 is 0 Å². The van der Waals surface area contributed by atoms with E-state index in [0.717, 1.165) is 42.9 Å². The number of dihydropyridines is 1. The van der Waals surface area contributed by atoms with Crippen LogP contribution in [0, 0.1) is 34.5 Å². The van der Waals surface area contributed by atoms with Gasteiger partial charge in [-0.2, -0.15) is 10.5 Å². The molecular formula is C14H18N4. The van der Waals surface area contributed by atoms with Gasteiger partial charge >= 0.3 is 0 Å². The lowest BCUT2D eigenvalue weighted by Gasteiger charge is -2.32. The molecule has 4 nitrogen and oxygen atoms in total. The van der Waals surface area contributed by atoms with Crippen LogP contribution in [0.25, 0.3) is 0 Å². The molecule has 2 heterocycles. The zero-order valence-corrected chi connectivity index (χ0v) is 10.9. The van der Waals surface area contributed by atoms with Crippen molar-refractivity contribution >= 4 is 0 Å². The van der Waals surface area contributed by atoms with Crippen LogP contribution in [0.4, 0.5) is 0 Å². The molecule has 18 heavy (non-hydrogen) atoms. The first-order valence-electron chi connectivity index (χ1n) is 6.41. The average Bonchev–Trinajstić information content (AvgIpc) is 2.39. The van der Waals surface area contributed by atoms with Gasteiger partial charge in [0.05, 0.1) is 23.3 Å². The highest BCUT2D eigenvalue weighted by Crippen LogP contribution is 2.33. The van der Waals surface area contributed by atoms with Crippen molar-refractivity contribution in [2.24, 2.45) is 11.8 Å². The Morgan fingerprint density at radius 3 is 2.50 bits per heavy atom. The molecule has 0 aliphatic carbocycles. The predicted molar refractivity (Wildman–Crippen MR) is 68.8 cm³/mol. The summed E-state index contributed by atoms with van der Waals surface area (Å²) in [5.41, 5.74) is 3.32. The third-order valence-electron chi connectivity index (χ3n) is 3.83. The third kappa shape index (κ3) is 2.12. The van der Waals surface area contributed by atoms with Crippen LogP contribution in [0.15, 0.2) is 22.5 Å². The van der Waals surface area contributed by atoms with Crippen molar-refractivity contribution in [2.75, 3.05) is 13.1 Å². The molecule has 0 radical (unpaired) electrons. The number of hydrogen-bond donors (Lipinski definition) is 2. The Hall–Kier alpha value is -1.78. The summed E-state index contributed by atoms with van der Waals surface area (Å²) in [6.45, 7) is 5.83. The number of rotatable bonds is 1. The largest absolute Gasteiger partial charge is 0.361 e. The zero-order valence-electron chi connectivity index (χ0n) is 10.9. The molecule has 0 saturated carbocycles. The predicted octanol–water partition coefficient (Wildman–Crippen LogP) is 1.80. The molecule has 0 aromatic heterocycles. The van der Waals surface area contributed by atoms with Gasteiger partial charge in [-0.05, 0) is 26.3 Å². The Kier molecular flexibility index (Phi) is 3.69. The lowest BCUT2D eigenvalue weighted by molar-refractivity contribution is 0.403. The van der Waals surface area contributed by atoms with E-state index in [-0.39, 0.29) is 5.92 Å². The number of nitrogens with zero attached hydrogens (tertiary/aromatic N) is 2. The number of allylic oxidation sites excluding steroid dienone is 3. The summed E-state index contributed by atoms with van der Waals surface area (Å²) >= 11 is 0. The number of piperidine rings is 1. The fourth-order valence-corrected chi connectivity index (χ4v) is 2.80. The topological polar surface area (TPSA) is 71.6 Å². The SMILES string of the molecule is CC1=C(C#N)C(C)C(C#N)=C(C2CCCNC2)N1. The van der Waals surface area contributed by atoms with Gasteiger partial charge < -0.3 is 10.6 Å². The molecule has 0 bridgehead atoms. The lowest BCUT2D eigenvalue weighted by atomic mass is 9.83. The van der Waals surface area contributed by atoms with Gasteiger partial charge in [0.1, 0.15) is 0 Å². The van der Waals surface area contributed by atoms with Crippen LogP contribution in [0.2, 0.25) is 0 Å². The molecule has 2 unspecified atom stereocenters. The minimum Gasteiger partial charge on any atom is -0.361 e. The van der Waals surface area contributed by atoms with Crippen molar-refractivity contribution in [3.63, 3.8) is 0 Å². The van der Waals surface area contributed by atoms with Gasteiger partial charge in [0.15, 0.2) is 0 Å².